The Labute approximate surface area is 149 Å². The first kappa shape index (κ1) is 17.1. The summed E-state index contributed by atoms with van der Waals surface area (Å²) >= 11 is 0. The van der Waals surface area contributed by atoms with E-state index in [1.54, 1.807) is 13.2 Å². The van der Waals surface area contributed by atoms with Gasteiger partial charge in [0.2, 0.25) is 11.8 Å². The van der Waals surface area contributed by atoms with Crippen LogP contribution in [-0.2, 0) is 14.3 Å². The molecule has 2 heterocycles. The summed E-state index contributed by atoms with van der Waals surface area (Å²) in [5, 5.41) is 6.36. The maximum atomic E-state index is 12.8. The van der Waals surface area contributed by atoms with Crippen molar-refractivity contribution in [2.24, 2.45) is 22.7 Å². The van der Waals surface area contributed by atoms with E-state index in [1.165, 1.54) is 5.57 Å². The average molecular weight is 346 g/mol. The molecular formula is C20H30N2O3. The van der Waals surface area contributed by atoms with Crippen LogP contribution in [0.3, 0.4) is 0 Å². The highest BCUT2D eigenvalue weighted by atomic mass is 16.5. The molecule has 25 heavy (non-hydrogen) atoms. The molecule has 2 aliphatic carbocycles. The van der Waals surface area contributed by atoms with Gasteiger partial charge < -0.3 is 15.4 Å². The lowest BCUT2D eigenvalue weighted by Gasteiger charge is -2.50. The second-order valence-electron chi connectivity index (χ2n) is 8.97. The van der Waals surface area contributed by atoms with Gasteiger partial charge in [-0.3, -0.25) is 9.59 Å². The maximum absolute atomic E-state index is 12.8. The first-order chi connectivity index (χ1) is 11.9. The summed E-state index contributed by atoms with van der Waals surface area (Å²) < 4.78 is 5.79. The molecule has 5 heteroatoms. The minimum atomic E-state index is -0.131. The standard InChI is InChI=1S/C20H30N2O3/c1-19-8-9-21-16(23)10-12(19)4-5-13-14-6-7-15(25-3)20(14,2)11-17(24)22-18(13)19/h10,13-15,18H,4-9,11H2,1-3H3,(H,21,23)(H,22,24)/t13?,14-,15?,18-,19?,20?/m0/s1. The molecule has 4 aliphatic rings. The number of fused-ring (bicyclic) bond motifs is 5. The Morgan fingerprint density at radius 2 is 2.00 bits per heavy atom. The van der Waals surface area contributed by atoms with Gasteiger partial charge in [-0.15, -0.1) is 0 Å². The van der Waals surface area contributed by atoms with E-state index in [1.807, 2.05) is 0 Å². The molecule has 138 valence electrons. The van der Waals surface area contributed by atoms with Gasteiger partial charge in [0.1, 0.15) is 0 Å². The Hall–Kier alpha value is -1.36. The number of carbonyl (C=O) groups is 2. The minimum absolute atomic E-state index is 0.0160. The van der Waals surface area contributed by atoms with Crippen molar-refractivity contribution in [1.29, 1.82) is 0 Å². The Kier molecular flexibility index (Phi) is 3.98. The number of methoxy groups -OCH3 is 1. The molecule has 0 aromatic heterocycles. The van der Waals surface area contributed by atoms with Crippen LogP contribution in [0.2, 0.25) is 0 Å². The first-order valence-corrected chi connectivity index (χ1v) is 9.69. The van der Waals surface area contributed by atoms with E-state index in [2.05, 4.69) is 24.5 Å². The van der Waals surface area contributed by atoms with E-state index >= 15 is 0 Å². The van der Waals surface area contributed by atoms with Crippen LogP contribution in [0, 0.1) is 22.7 Å². The third-order valence-corrected chi connectivity index (χ3v) is 7.83. The Morgan fingerprint density at radius 3 is 2.76 bits per heavy atom. The van der Waals surface area contributed by atoms with Crippen molar-refractivity contribution in [3.63, 3.8) is 0 Å². The zero-order valence-corrected chi connectivity index (χ0v) is 15.6. The molecule has 2 aliphatic heterocycles. The largest absolute Gasteiger partial charge is 0.381 e. The molecule has 0 spiro atoms. The molecule has 2 amide bonds. The third kappa shape index (κ3) is 2.46. The van der Waals surface area contributed by atoms with Crippen LogP contribution in [-0.4, -0.2) is 37.6 Å². The second-order valence-corrected chi connectivity index (χ2v) is 8.97. The molecule has 6 atom stereocenters. The Balaban J connectivity index is 1.75. The van der Waals surface area contributed by atoms with Gasteiger partial charge in [-0.2, -0.15) is 0 Å². The number of nitrogens with one attached hydrogen (secondary N) is 2. The van der Waals surface area contributed by atoms with Crippen molar-refractivity contribution < 1.29 is 14.3 Å². The van der Waals surface area contributed by atoms with E-state index in [9.17, 15) is 9.59 Å². The summed E-state index contributed by atoms with van der Waals surface area (Å²) in [5.41, 5.74) is 1.01. The molecular weight excluding hydrogens is 316 g/mol. The van der Waals surface area contributed by atoms with Crippen LogP contribution < -0.4 is 10.6 Å². The van der Waals surface area contributed by atoms with E-state index in [-0.39, 0.29) is 34.8 Å². The van der Waals surface area contributed by atoms with Gasteiger partial charge in [0.15, 0.2) is 0 Å². The molecule has 5 nitrogen and oxygen atoms in total. The molecule has 3 fully saturated rings. The minimum Gasteiger partial charge on any atom is -0.381 e. The average Bonchev–Trinajstić information content (AvgIpc) is 2.70. The van der Waals surface area contributed by atoms with Crippen LogP contribution in [0.5, 0.6) is 0 Å². The first-order valence-electron chi connectivity index (χ1n) is 9.69. The predicted octanol–water partition coefficient (Wildman–Crippen LogP) is 2.17. The summed E-state index contributed by atoms with van der Waals surface area (Å²) in [7, 11) is 1.78. The summed E-state index contributed by atoms with van der Waals surface area (Å²) in [6.45, 7) is 5.19. The summed E-state index contributed by atoms with van der Waals surface area (Å²) in [4.78, 5) is 24.8. The molecule has 4 rings (SSSR count). The van der Waals surface area contributed by atoms with E-state index in [4.69, 9.17) is 4.74 Å². The van der Waals surface area contributed by atoms with Gasteiger partial charge in [0, 0.05) is 43.0 Å². The van der Waals surface area contributed by atoms with Crippen molar-refractivity contribution in [3.8, 4) is 0 Å². The van der Waals surface area contributed by atoms with Gasteiger partial charge in [-0.05, 0) is 43.9 Å². The topological polar surface area (TPSA) is 67.4 Å². The Morgan fingerprint density at radius 1 is 1.20 bits per heavy atom. The van der Waals surface area contributed by atoms with Gasteiger partial charge in [0.05, 0.1) is 6.10 Å². The van der Waals surface area contributed by atoms with Gasteiger partial charge in [0.25, 0.3) is 0 Å². The maximum Gasteiger partial charge on any atom is 0.243 e. The molecule has 0 aromatic carbocycles. The highest BCUT2D eigenvalue weighted by molar-refractivity contribution is 5.89. The summed E-state index contributed by atoms with van der Waals surface area (Å²) in [5.74, 6) is 1.14. The van der Waals surface area contributed by atoms with Gasteiger partial charge in [-0.1, -0.05) is 19.4 Å². The number of hydrogen-bond donors (Lipinski definition) is 2. The normalized spacial score (nSPS) is 46.6. The number of hydrogen-bond acceptors (Lipinski definition) is 3. The fourth-order valence-electron chi connectivity index (χ4n) is 6.49. The monoisotopic (exact) mass is 346 g/mol. The zero-order valence-electron chi connectivity index (χ0n) is 15.6. The smallest absolute Gasteiger partial charge is 0.243 e. The van der Waals surface area contributed by atoms with E-state index in [0.717, 1.165) is 32.1 Å². The van der Waals surface area contributed by atoms with Crippen molar-refractivity contribution in [2.45, 2.75) is 64.5 Å². The SMILES string of the molecule is COC1CC[C@H]2C3CCC4=CC(=O)NCCC4(C)[C@H]3NC(=O)CC12C. The fraction of sp³-hybridized carbons (Fsp3) is 0.800. The highest BCUT2D eigenvalue weighted by Crippen LogP contribution is 2.58. The highest BCUT2D eigenvalue weighted by Gasteiger charge is 2.58. The van der Waals surface area contributed by atoms with Gasteiger partial charge >= 0.3 is 0 Å². The quantitative estimate of drug-likeness (QED) is 0.765. The lowest BCUT2D eigenvalue weighted by molar-refractivity contribution is -0.125. The molecule has 2 saturated carbocycles. The van der Waals surface area contributed by atoms with Crippen molar-refractivity contribution in [3.05, 3.63) is 11.6 Å². The lowest BCUT2D eigenvalue weighted by Crippen LogP contribution is -2.54. The van der Waals surface area contributed by atoms with E-state index < -0.39 is 0 Å². The van der Waals surface area contributed by atoms with Gasteiger partial charge in [-0.25, -0.2) is 0 Å². The molecule has 0 bridgehead atoms. The summed E-state index contributed by atoms with van der Waals surface area (Å²) in [6, 6.07) is 0.120. The van der Waals surface area contributed by atoms with Crippen LogP contribution >= 0.6 is 0 Å². The fourth-order valence-corrected chi connectivity index (χ4v) is 6.49. The predicted molar refractivity (Wildman–Crippen MR) is 94.7 cm³/mol. The molecule has 0 aromatic rings. The molecule has 0 radical (unpaired) electrons. The van der Waals surface area contributed by atoms with Crippen molar-refractivity contribution in [2.75, 3.05) is 13.7 Å². The Bertz CT molecular complexity index is 630. The number of ether oxygens (including phenoxy) is 1. The molecule has 1 saturated heterocycles. The second kappa shape index (κ2) is 5.83. The van der Waals surface area contributed by atoms with Crippen LogP contribution in [0.1, 0.15) is 52.4 Å². The number of rotatable bonds is 1. The van der Waals surface area contributed by atoms with E-state index in [0.29, 0.717) is 24.8 Å². The van der Waals surface area contributed by atoms with Crippen LogP contribution in [0.25, 0.3) is 0 Å². The lowest BCUT2D eigenvalue weighted by atomic mass is 9.57. The van der Waals surface area contributed by atoms with Crippen molar-refractivity contribution >= 4 is 11.8 Å². The summed E-state index contributed by atoms with van der Waals surface area (Å²) in [6.07, 6.45) is 7.61. The number of amides is 2. The number of carbonyl (C=O) groups excluding carboxylic acids is 2. The third-order valence-electron chi connectivity index (χ3n) is 7.83. The van der Waals surface area contributed by atoms with Crippen LogP contribution in [0.15, 0.2) is 11.6 Å². The van der Waals surface area contributed by atoms with Crippen molar-refractivity contribution in [1.82, 2.24) is 10.6 Å². The molecule has 4 unspecified atom stereocenters. The van der Waals surface area contributed by atoms with Crippen LogP contribution in [0.4, 0.5) is 0 Å². The molecule has 2 N–H and O–H groups in total. The zero-order chi connectivity index (χ0) is 17.8.